The van der Waals surface area contributed by atoms with Crippen molar-refractivity contribution < 1.29 is 14.3 Å². The summed E-state index contributed by atoms with van der Waals surface area (Å²) in [5.74, 6) is 0.334. The third-order valence-electron chi connectivity index (χ3n) is 6.70. The molecule has 35 heavy (non-hydrogen) atoms. The predicted octanol–water partition coefficient (Wildman–Crippen LogP) is 5.76. The minimum absolute atomic E-state index is 0.181. The number of carbonyl (C=O) groups excluding carboxylic acids is 1. The van der Waals surface area contributed by atoms with Gasteiger partial charge in [0.25, 0.3) is 0 Å². The lowest BCUT2D eigenvalue weighted by Gasteiger charge is -2.56. The van der Waals surface area contributed by atoms with Crippen LogP contribution in [0.3, 0.4) is 0 Å². The molecule has 2 N–H and O–H groups in total. The zero-order chi connectivity index (χ0) is 24.9. The van der Waals surface area contributed by atoms with Crippen molar-refractivity contribution in [2.75, 3.05) is 17.3 Å². The number of benzene rings is 3. The van der Waals surface area contributed by atoms with Crippen LogP contribution in [0.5, 0.6) is 11.5 Å². The Kier molecular flexibility index (Phi) is 5.85. The van der Waals surface area contributed by atoms with Gasteiger partial charge in [-0.15, -0.1) is 0 Å². The fourth-order valence-corrected chi connectivity index (χ4v) is 5.70. The molecule has 0 aromatic heterocycles. The number of nitrogens with one attached hydrogen (secondary N) is 2. The molecule has 0 spiro atoms. The summed E-state index contributed by atoms with van der Waals surface area (Å²) in [6, 6.07) is 18.5. The van der Waals surface area contributed by atoms with Crippen LogP contribution in [-0.2, 0) is 4.79 Å². The van der Waals surface area contributed by atoms with Crippen LogP contribution in [0, 0.1) is 19.8 Å². The number of anilines is 2. The second-order valence-corrected chi connectivity index (χ2v) is 9.89. The molecule has 0 saturated carbocycles. The number of halogens is 1. The van der Waals surface area contributed by atoms with Crippen LogP contribution >= 0.6 is 23.8 Å². The van der Waals surface area contributed by atoms with Crippen LogP contribution in [0.4, 0.5) is 11.4 Å². The maximum absolute atomic E-state index is 14.0. The molecule has 6 nitrogen and oxygen atoms in total. The molecule has 1 amide bonds. The van der Waals surface area contributed by atoms with Crippen molar-refractivity contribution in [2.24, 2.45) is 5.92 Å². The molecule has 2 bridgehead atoms. The standard InChI is InChI=1S/C27H26ClN3O3S/c1-15-11-12-20(16(2)13-15)29-25(32)22-23-19-9-6-10-21(33-4)24(19)34-27(22,3)31(26(35)30-23)18-8-5-7-17(28)14-18/h5-14,22-23H,1-4H3,(H,29,32)(H,30,35)/t22-,23+,27-/m0/s1. The van der Waals surface area contributed by atoms with Crippen LogP contribution in [0.1, 0.15) is 29.7 Å². The summed E-state index contributed by atoms with van der Waals surface area (Å²) in [5, 5.41) is 7.54. The summed E-state index contributed by atoms with van der Waals surface area (Å²) in [6.07, 6.45) is 0. The summed E-state index contributed by atoms with van der Waals surface area (Å²) in [7, 11) is 1.60. The van der Waals surface area contributed by atoms with Crippen LogP contribution in [0.2, 0.25) is 5.02 Å². The highest BCUT2D eigenvalue weighted by Crippen LogP contribution is 2.52. The summed E-state index contributed by atoms with van der Waals surface area (Å²) in [6.45, 7) is 5.89. The van der Waals surface area contributed by atoms with E-state index < -0.39 is 17.7 Å². The first-order valence-corrected chi connectivity index (χ1v) is 12.1. The van der Waals surface area contributed by atoms with Gasteiger partial charge in [0.05, 0.1) is 13.2 Å². The number of hydrogen-bond acceptors (Lipinski definition) is 4. The fraction of sp³-hybridized carbons (Fsp3) is 0.259. The van der Waals surface area contributed by atoms with Gasteiger partial charge < -0.3 is 20.1 Å². The van der Waals surface area contributed by atoms with E-state index in [2.05, 4.69) is 10.6 Å². The van der Waals surface area contributed by atoms with Crippen LogP contribution < -0.4 is 25.0 Å². The predicted molar refractivity (Wildman–Crippen MR) is 142 cm³/mol. The second-order valence-electron chi connectivity index (χ2n) is 9.06. The minimum Gasteiger partial charge on any atom is -0.493 e. The highest BCUT2D eigenvalue weighted by molar-refractivity contribution is 7.80. The first-order valence-electron chi connectivity index (χ1n) is 11.3. The van der Waals surface area contributed by atoms with Crippen molar-refractivity contribution in [1.29, 1.82) is 0 Å². The van der Waals surface area contributed by atoms with Crippen molar-refractivity contribution in [3.05, 3.63) is 82.4 Å². The van der Waals surface area contributed by atoms with E-state index in [0.717, 1.165) is 28.1 Å². The topological polar surface area (TPSA) is 62.8 Å². The number of hydrogen-bond donors (Lipinski definition) is 2. The molecular formula is C27H26ClN3O3S. The summed E-state index contributed by atoms with van der Waals surface area (Å²) < 4.78 is 12.3. The number of rotatable bonds is 4. The lowest BCUT2D eigenvalue weighted by molar-refractivity contribution is -0.130. The zero-order valence-corrected chi connectivity index (χ0v) is 21.5. The van der Waals surface area contributed by atoms with Crippen molar-refractivity contribution in [3.8, 4) is 11.5 Å². The number of fused-ring (bicyclic) bond motifs is 4. The number of carbonyl (C=O) groups is 1. The van der Waals surface area contributed by atoms with Crippen LogP contribution in [-0.4, -0.2) is 23.9 Å². The van der Waals surface area contributed by atoms with Gasteiger partial charge in [-0.1, -0.05) is 47.5 Å². The van der Waals surface area contributed by atoms with E-state index in [1.807, 2.05) is 74.2 Å². The Morgan fingerprint density at radius 3 is 2.66 bits per heavy atom. The number of para-hydroxylation sites is 1. The van der Waals surface area contributed by atoms with Crippen molar-refractivity contribution >= 4 is 46.2 Å². The monoisotopic (exact) mass is 507 g/mol. The average molecular weight is 508 g/mol. The summed E-state index contributed by atoms with van der Waals surface area (Å²) >= 11 is 12.1. The maximum atomic E-state index is 14.0. The Morgan fingerprint density at radius 1 is 1.17 bits per heavy atom. The fourth-order valence-electron chi connectivity index (χ4n) is 5.10. The van der Waals surface area contributed by atoms with E-state index in [4.69, 9.17) is 33.3 Å². The Morgan fingerprint density at radius 2 is 1.94 bits per heavy atom. The Bertz CT molecular complexity index is 1350. The van der Waals surface area contributed by atoms with E-state index in [1.54, 1.807) is 19.2 Å². The van der Waals surface area contributed by atoms with Crippen molar-refractivity contribution in [1.82, 2.24) is 5.32 Å². The van der Waals surface area contributed by atoms with E-state index >= 15 is 0 Å². The number of thiocarbonyl (C=S) groups is 1. The number of aryl methyl sites for hydroxylation is 2. The second kappa shape index (κ2) is 8.73. The SMILES string of the molecule is COc1cccc2c1O[C@@]1(C)[C@H](C(=O)Nc3ccc(C)cc3C)[C@@H]2NC(=S)N1c1cccc(Cl)c1. The quantitative estimate of drug-likeness (QED) is 0.437. The molecule has 2 heterocycles. The van der Waals surface area contributed by atoms with Gasteiger partial charge in [0.2, 0.25) is 5.91 Å². The molecule has 0 radical (unpaired) electrons. The smallest absolute Gasteiger partial charge is 0.236 e. The van der Waals surface area contributed by atoms with Crippen LogP contribution in [0.15, 0.2) is 60.7 Å². The highest BCUT2D eigenvalue weighted by atomic mass is 35.5. The molecule has 180 valence electrons. The van der Waals surface area contributed by atoms with Gasteiger partial charge in [0.15, 0.2) is 22.3 Å². The third kappa shape index (κ3) is 3.89. The van der Waals surface area contributed by atoms with Gasteiger partial charge in [-0.3, -0.25) is 9.69 Å². The summed E-state index contributed by atoms with van der Waals surface area (Å²) in [5.41, 5.74) is 3.25. The molecule has 3 atom stereocenters. The molecule has 2 aliphatic heterocycles. The minimum atomic E-state index is -1.16. The van der Waals surface area contributed by atoms with Crippen molar-refractivity contribution in [2.45, 2.75) is 32.5 Å². The molecule has 3 aromatic carbocycles. The van der Waals surface area contributed by atoms with Gasteiger partial charge in [-0.05, 0) is 68.9 Å². The third-order valence-corrected chi connectivity index (χ3v) is 7.23. The Labute approximate surface area is 215 Å². The highest BCUT2D eigenvalue weighted by Gasteiger charge is 2.59. The number of ether oxygens (including phenoxy) is 2. The molecule has 8 heteroatoms. The van der Waals surface area contributed by atoms with Gasteiger partial charge in [-0.25, -0.2) is 0 Å². The molecule has 3 aromatic rings. The molecular weight excluding hydrogens is 482 g/mol. The normalized spacial score (nSPS) is 22.5. The zero-order valence-electron chi connectivity index (χ0n) is 19.9. The van der Waals surface area contributed by atoms with Gasteiger partial charge in [0.1, 0.15) is 5.92 Å². The summed E-state index contributed by atoms with van der Waals surface area (Å²) in [4.78, 5) is 15.8. The molecule has 0 aliphatic carbocycles. The molecule has 1 saturated heterocycles. The van der Waals surface area contributed by atoms with E-state index in [9.17, 15) is 4.79 Å². The average Bonchev–Trinajstić information content (AvgIpc) is 2.80. The van der Waals surface area contributed by atoms with Gasteiger partial charge in [0, 0.05) is 22.0 Å². The Hall–Kier alpha value is -3.29. The molecule has 5 rings (SSSR count). The number of methoxy groups -OCH3 is 1. The largest absolute Gasteiger partial charge is 0.493 e. The Balaban J connectivity index is 1.65. The first-order chi connectivity index (χ1) is 16.7. The van der Waals surface area contributed by atoms with Gasteiger partial charge in [-0.2, -0.15) is 0 Å². The lowest BCUT2D eigenvalue weighted by atomic mass is 9.78. The molecule has 1 fully saturated rings. The maximum Gasteiger partial charge on any atom is 0.236 e. The van der Waals surface area contributed by atoms with Crippen molar-refractivity contribution in [3.63, 3.8) is 0 Å². The van der Waals surface area contributed by atoms with E-state index in [-0.39, 0.29) is 5.91 Å². The lowest BCUT2D eigenvalue weighted by Crippen LogP contribution is -2.72. The van der Waals surface area contributed by atoms with Crippen LogP contribution in [0.25, 0.3) is 0 Å². The van der Waals surface area contributed by atoms with E-state index in [1.165, 1.54) is 0 Å². The number of nitrogens with zero attached hydrogens (tertiary/aromatic N) is 1. The van der Waals surface area contributed by atoms with Gasteiger partial charge >= 0.3 is 0 Å². The first kappa shape index (κ1) is 23.5. The molecule has 0 unspecified atom stereocenters. The number of amides is 1. The van der Waals surface area contributed by atoms with E-state index in [0.29, 0.717) is 21.6 Å². The molecule has 2 aliphatic rings.